The summed E-state index contributed by atoms with van der Waals surface area (Å²) >= 11 is 7.47. The van der Waals surface area contributed by atoms with Gasteiger partial charge in [-0.25, -0.2) is 4.99 Å². The van der Waals surface area contributed by atoms with Gasteiger partial charge in [-0.2, -0.15) is 0 Å². The van der Waals surface area contributed by atoms with Gasteiger partial charge in [0.25, 0.3) is 5.91 Å². The van der Waals surface area contributed by atoms with Crippen molar-refractivity contribution in [3.8, 4) is 5.75 Å². The molecule has 0 aromatic heterocycles. The molecule has 0 saturated carbocycles. The van der Waals surface area contributed by atoms with E-state index in [-0.39, 0.29) is 5.91 Å². The Morgan fingerprint density at radius 2 is 1.96 bits per heavy atom. The summed E-state index contributed by atoms with van der Waals surface area (Å²) in [7, 11) is 3.24. The molecule has 7 heteroatoms. The quantitative estimate of drug-likeness (QED) is 0.471. The molecule has 1 aliphatic heterocycles. The number of methoxy groups -OCH3 is 2. The second kappa shape index (κ2) is 9.78. The predicted octanol–water partition coefficient (Wildman–Crippen LogP) is 4.99. The molecule has 0 aliphatic carbocycles. The first kappa shape index (κ1) is 20.5. The topological polar surface area (TPSA) is 51.1 Å². The predicted molar refractivity (Wildman–Crippen MR) is 115 cm³/mol. The van der Waals surface area contributed by atoms with Crippen molar-refractivity contribution in [1.29, 1.82) is 0 Å². The average Bonchev–Trinajstić information content (AvgIpc) is 2.98. The van der Waals surface area contributed by atoms with E-state index in [1.807, 2.05) is 30.3 Å². The van der Waals surface area contributed by atoms with E-state index in [9.17, 15) is 4.79 Å². The minimum absolute atomic E-state index is 0.0854. The lowest BCUT2D eigenvalue weighted by Crippen LogP contribution is -2.30. The third kappa shape index (κ3) is 4.95. The maximum atomic E-state index is 13.0. The van der Waals surface area contributed by atoms with Crippen LogP contribution in [0.4, 0.5) is 5.69 Å². The molecule has 2 aromatic rings. The van der Waals surface area contributed by atoms with Crippen LogP contribution in [0.1, 0.15) is 12.0 Å². The Morgan fingerprint density at radius 3 is 2.68 bits per heavy atom. The summed E-state index contributed by atoms with van der Waals surface area (Å²) in [5, 5.41) is 1.23. The fourth-order valence-electron chi connectivity index (χ4n) is 2.73. The van der Waals surface area contributed by atoms with Gasteiger partial charge < -0.3 is 9.47 Å². The number of hydrogen-bond donors (Lipinski definition) is 0. The van der Waals surface area contributed by atoms with E-state index < -0.39 is 0 Å². The molecule has 28 heavy (non-hydrogen) atoms. The van der Waals surface area contributed by atoms with Crippen LogP contribution in [-0.4, -0.2) is 43.3 Å². The van der Waals surface area contributed by atoms with Crippen LogP contribution in [0.2, 0.25) is 5.02 Å². The molecule has 5 nitrogen and oxygen atoms in total. The van der Waals surface area contributed by atoms with Gasteiger partial charge in [-0.05, 0) is 54.6 Å². The summed E-state index contributed by atoms with van der Waals surface area (Å²) in [5.41, 5.74) is 1.56. The second-order valence-corrected chi connectivity index (χ2v) is 7.48. The Kier molecular flexibility index (Phi) is 7.14. The number of benzene rings is 2. The Balaban J connectivity index is 1.94. The molecule has 2 aromatic carbocycles. The molecule has 0 bridgehead atoms. The van der Waals surface area contributed by atoms with Crippen molar-refractivity contribution in [2.45, 2.75) is 6.42 Å². The monoisotopic (exact) mass is 416 g/mol. The van der Waals surface area contributed by atoms with Crippen LogP contribution in [0.25, 0.3) is 6.08 Å². The maximum absolute atomic E-state index is 13.0. The van der Waals surface area contributed by atoms with Crippen LogP contribution in [-0.2, 0) is 9.53 Å². The zero-order chi connectivity index (χ0) is 19.9. The van der Waals surface area contributed by atoms with Gasteiger partial charge in [-0.3, -0.25) is 9.69 Å². The van der Waals surface area contributed by atoms with Crippen molar-refractivity contribution >= 4 is 46.2 Å². The zero-order valence-corrected chi connectivity index (χ0v) is 17.3. The van der Waals surface area contributed by atoms with Crippen LogP contribution >= 0.6 is 23.4 Å². The minimum Gasteiger partial charge on any atom is -0.496 e. The van der Waals surface area contributed by atoms with Crippen molar-refractivity contribution in [2.75, 3.05) is 27.4 Å². The first-order valence-electron chi connectivity index (χ1n) is 8.80. The molecule has 0 N–H and O–H groups in total. The number of nitrogens with zero attached hydrogens (tertiary/aromatic N) is 2. The van der Waals surface area contributed by atoms with Crippen molar-refractivity contribution < 1.29 is 14.3 Å². The number of ether oxygens (including phenoxy) is 2. The standard InChI is InChI=1S/C21H21ClN2O3S/c1-26-12-6-11-24-20(25)19(14-15-13-16(22)9-10-18(15)27-2)28-21(24)23-17-7-4-3-5-8-17/h3-5,7-10,13-14H,6,11-12H2,1-2H3/b19-14-,23-21?. The normalized spacial score (nSPS) is 17.0. The molecule has 3 rings (SSSR count). The molecule has 146 valence electrons. The minimum atomic E-state index is -0.0854. The van der Waals surface area contributed by atoms with E-state index in [1.165, 1.54) is 11.8 Å². The van der Waals surface area contributed by atoms with E-state index >= 15 is 0 Å². The number of para-hydroxylation sites is 1. The van der Waals surface area contributed by atoms with Crippen LogP contribution in [0.5, 0.6) is 5.75 Å². The molecule has 1 amide bonds. The zero-order valence-electron chi connectivity index (χ0n) is 15.7. The van der Waals surface area contributed by atoms with E-state index in [2.05, 4.69) is 4.99 Å². The summed E-state index contributed by atoms with van der Waals surface area (Å²) in [6, 6.07) is 14.9. The van der Waals surface area contributed by atoms with Gasteiger partial charge in [0.2, 0.25) is 0 Å². The molecular weight excluding hydrogens is 396 g/mol. The van der Waals surface area contributed by atoms with E-state index in [4.69, 9.17) is 21.1 Å². The lowest BCUT2D eigenvalue weighted by molar-refractivity contribution is -0.122. The number of halogens is 1. The summed E-state index contributed by atoms with van der Waals surface area (Å²) in [4.78, 5) is 20.0. The highest BCUT2D eigenvalue weighted by molar-refractivity contribution is 8.18. The Hall–Kier alpha value is -2.28. The van der Waals surface area contributed by atoms with Gasteiger partial charge in [0.1, 0.15) is 5.75 Å². The second-order valence-electron chi connectivity index (χ2n) is 6.03. The van der Waals surface area contributed by atoms with Gasteiger partial charge in [0, 0.05) is 30.8 Å². The Bertz CT molecular complexity index is 900. The fraction of sp³-hybridized carbons (Fsp3) is 0.238. The van der Waals surface area contributed by atoms with Crippen LogP contribution < -0.4 is 4.74 Å². The highest BCUT2D eigenvalue weighted by atomic mass is 35.5. The highest BCUT2D eigenvalue weighted by Crippen LogP contribution is 2.36. The van der Waals surface area contributed by atoms with Gasteiger partial charge in [0.15, 0.2) is 5.17 Å². The van der Waals surface area contributed by atoms with Gasteiger partial charge in [0.05, 0.1) is 17.7 Å². The maximum Gasteiger partial charge on any atom is 0.266 e. The Morgan fingerprint density at radius 1 is 1.18 bits per heavy atom. The molecule has 1 heterocycles. The van der Waals surface area contributed by atoms with Crippen LogP contribution in [0.15, 0.2) is 58.4 Å². The van der Waals surface area contributed by atoms with Crippen molar-refractivity contribution in [3.63, 3.8) is 0 Å². The van der Waals surface area contributed by atoms with Crippen molar-refractivity contribution in [2.24, 2.45) is 4.99 Å². The highest BCUT2D eigenvalue weighted by Gasteiger charge is 2.33. The molecule has 0 spiro atoms. The van der Waals surface area contributed by atoms with E-state index in [1.54, 1.807) is 43.4 Å². The number of amidine groups is 1. The molecule has 0 unspecified atom stereocenters. The van der Waals surface area contributed by atoms with Gasteiger partial charge in [-0.1, -0.05) is 29.8 Å². The summed E-state index contributed by atoms with van der Waals surface area (Å²) in [6.45, 7) is 1.11. The lowest BCUT2D eigenvalue weighted by Gasteiger charge is -2.15. The SMILES string of the molecule is COCCCN1C(=O)/C(=C/c2cc(Cl)ccc2OC)SC1=Nc1ccccc1. The fourth-order valence-corrected chi connectivity index (χ4v) is 3.92. The first-order valence-corrected chi connectivity index (χ1v) is 9.99. The van der Waals surface area contributed by atoms with Crippen LogP contribution in [0, 0.1) is 0 Å². The summed E-state index contributed by atoms with van der Waals surface area (Å²) in [6.07, 6.45) is 2.53. The van der Waals surface area contributed by atoms with Crippen molar-refractivity contribution in [1.82, 2.24) is 4.90 Å². The number of aliphatic imine (C=N–C) groups is 1. The third-order valence-corrected chi connectivity index (χ3v) is 5.32. The van der Waals surface area contributed by atoms with E-state index in [0.717, 1.165) is 17.7 Å². The number of thioether (sulfide) groups is 1. The molecule has 1 aliphatic rings. The Labute approximate surface area is 174 Å². The smallest absolute Gasteiger partial charge is 0.266 e. The third-order valence-electron chi connectivity index (χ3n) is 4.08. The van der Waals surface area contributed by atoms with Gasteiger partial charge in [-0.15, -0.1) is 0 Å². The molecule has 0 radical (unpaired) electrons. The largest absolute Gasteiger partial charge is 0.496 e. The number of hydrogen-bond acceptors (Lipinski definition) is 5. The van der Waals surface area contributed by atoms with E-state index in [0.29, 0.717) is 34.0 Å². The molecule has 1 saturated heterocycles. The van der Waals surface area contributed by atoms with Gasteiger partial charge >= 0.3 is 0 Å². The first-order chi connectivity index (χ1) is 13.6. The van der Waals surface area contributed by atoms with Crippen molar-refractivity contribution in [3.05, 3.63) is 64.0 Å². The number of carbonyl (C=O) groups excluding carboxylic acids is 1. The number of rotatable bonds is 7. The number of carbonyl (C=O) groups is 1. The molecule has 1 fully saturated rings. The molecule has 0 atom stereocenters. The summed E-state index contributed by atoms with van der Waals surface area (Å²) < 4.78 is 10.5. The average molecular weight is 417 g/mol. The van der Waals surface area contributed by atoms with Crippen LogP contribution in [0.3, 0.4) is 0 Å². The lowest BCUT2D eigenvalue weighted by atomic mass is 10.2. The number of amides is 1. The summed E-state index contributed by atoms with van der Waals surface area (Å²) in [5.74, 6) is 0.572. The molecular formula is C21H21ClN2O3S.